The van der Waals surface area contributed by atoms with Crippen molar-refractivity contribution in [2.24, 2.45) is 12.8 Å². The minimum Gasteiger partial charge on any atom is -0.349 e. The van der Waals surface area contributed by atoms with E-state index in [1.165, 1.54) is 10.9 Å². The van der Waals surface area contributed by atoms with E-state index in [9.17, 15) is 13.6 Å². The molecule has 1 aromatic heterocycles. The minimum absolute atomic E-state index is 0.315. The third-order valence-corrected chi connectivity index (χ3v) is 4.53. The second-order valence-corrected chi connectivity index (χ2v) is 7.18. The Bertz CT molecular complexity index is 788. The lowest BCUT2D eigenvalue weighted by atomic mass is 9.93. The summed E-state index contributed by atoms with van der Waals surface area (Å²) in [5.41, 5.74) is 5.95. The second-order valence-electron chi connectivity index (χ2n) is 7.18. The summed E-state index contributed by atoms with van der Waals surface area (Å²) in [7, 11) is 1.66. The molecule has 1 amide bonds. The monoisotopic (exact) mass is 363 g/mol. The van der Waals surface area contributed by atoms with Gasteiger partial charge in [-0.2, -0.15) is 5.10 Å². The number of benzene rings is 1. The van der Waals surface area contributed by atoms with E-state index in [4.69, 9.17) is 5.73 Å². The van der Waals surface area contributed by atoms with Gasteiger partial charge in [-0.05, 0) is 25.5 Å². The van der Waals surface area contributed by atoms with Gasteiger partial charge in [0.25, 0.3) is 11.8 Å². The van der Waals surface area contributed by atoms with Crippen molar-refractivity contribution in [1.82, 2.24) is 9.78 Å². The van der Waals surface area contributed by atoms with Crippen molar-refractivity contribution in [3.63, 3.8) is 0 Å². The maximum Gasteiger partial charge on any atom is 0.267 e. The van der Waals surface area contributed by atoms with Crippen molar-refractivity contribution in [3.8, 4) is 0 Å². The number of alkyl halides is 2. The van der Waals surface area contributed by atoms with Gasteiger partial charge in [-0.25, -0.2) is 8.78 Å². The SMILES string of the molecule is Cn1ncc(NC(=O)c2ccccc2)c1N1CC[C@@](C)(N)CC(F)(F)C1. The summed E-state index contributed by atoms with van der Waals surface area (Å²) in [5, 5.41) is 6.91. The molecule has 1 aliphatic rings. The predicted molar refractivity (Wildman–Crippen MR) is 96.6 cm³/mol. The van der Waals surface area contributed by atoms with Gasteiger partial charge < -0.3 is 16.0 Å². The Morgan fingerprint density at radius 2 is 2.00 bits per heavy atom. The lowest BCUT2D eigenvalue weighted by molar-refractivity contribution is -0.0116. The van der Waals surface area contributed by atoms with Crippen molar-refractivity contribution in [2.75, 3.05) is 23.3 Å². The van der Waals surface area contributed by atoms with E-state index >= 15 is 0 Å². The third-order valence-electron chi connectivity index (χ3n) is 4.53. The molecular formula is C18H23F2N5O. The molecule has 0 bridgehead atoms. The molecule has 8 heteroatoms. The van der Waals surface area contributed by atoms with Crippen LogP contribution in [0.4, 0.5) is 20.3 Å². The molecule has 1 aliphatic heterocycles. The zero-order valence-corrected chi connectivity index (χ0v) is 14.9. The van der Waals surface area contributed by atoms with Gasteiger partial charge in [0.15, 0.2) is 5.82 Å². The van der Waals surface area contributed by atoms with Crippen LogP contribution >= 0.6 is 0 Å². The number of nitrogens with two attached hydrogens (primary N) is 1. The average Bonchev–Trinajstić information content (AvgIpc) is 2.86. The average molecular weight is 363 g/mol. The van der Waals surface area contributed by atoms with Crippen LogP contribution in [0, 0.1) is 0 Å². The molecule has 26 heavy (non-hydrogen) atoms. The lowest BCUT2D eigenvalue weighted by Gasteiger charge is -2.27. The van der Waals surface area contributed by atoms with E-state index in [2.05, 4.69) is 10.4 Å². The number of carbonyl (C=O) groups is 1. The summed E-state index contributed by atoms with van der Waals surface area (Å²) in [5.74, 6) is -2.79. The van der Waals surface area contributed by atoms with Gasteiger partial charge in [0.2, 0.25) is 0 Å². The van der Waals surface area contributed by atoms with Crippen molar-refractivity contribution in [3.05, 3.63) is 42.1 Å². The van der Waals surface area contributed by atoms with Crippen LogP contribution in [0.3, 0.4) is 0 Å². The first-order valence-electron chi connectivity index (χ1n) is 8.47. The number of rotatable bonds is 3. The molecule has 1 fully saturated rings. The highest BCUT2D eigenvalue weighted by Crippen LogP contribution is 2.35. The van der Waals surface area contributed by atoms with E-state index < -0.39 is 18.0 Å². The Kier molecular flexibility index (Phi) is 4.70. The molecule has 3 rings (SSSR count). The summed E-state index contributed by atoms with van der Waals surface area (Å²) in [4.78, 5) is 14.0. The number of halogens is 2. The fourth-order valence-corrected chi connectivity index (χ4v) is 3.34. The van der Waals surface area contributed by atoms with Gasteiger partial charge in [-0.3, -0.25) is 9.48 Å². The predicted octanol–water partition coefficient (Wildman–Crippen LogP) is 2.63. The summed E-state index contributed by atoms with van der Waals surface area (Å²) < 4.78 is 30.2. The normalized spacial score (nSPS) is 22.7. The molecule has 1 aromatic carbocycles. The summed E-state index contributed by atoms with van der Waals surface area (Å²) >= 11 is 0. The first-order valence-corrected chi connectivity index (χ1v) is 8.47. The maximum atomic E-state index is 14.4. The topological polar surface area (TPSA) is 76.2 Å². The summed E-state index contributed by atoms with van der Waals surface area (Å²) in [6, 6.07) is 8.71. The van der Waals surface area contributed by atoms with Gasteiger partial charge in [-0.15, -0.1) is 0 Å². The Balaban J connectivity index is 1.87. The molecule has 0 aliphatic carbocycles. The number of anilines is 2. The highest BCUT2D eigenvalue weighted by Gasteiger charge is 2.42. The zero-order chi connectivity index (χ0) is 18.9. The van der Waals surface area contributed by atoms with Gasteiger partial charge in [0.05, 0.1) is 12.7 Å². The fraction of sp³-hybridized carbons (Fsp3) is 0.444. The van der Waals surface area contributed by atoms with E-state index in [0.717, 1.165) is 0 Å². The molecule has 2 heterocycles. The molecule has 0 unspecified atom stereocenters. The smallest absolute Gasteiger partial charge is 0.267 e. The van der Waals surface area contributed by atoms with E-state index in [-0.39, 0.29) is 12.3 Å². The van der Waals surface area contributed by atoms with Crippen molar-refractivity contribution in [2.45, 2.75) is 31.2 Å². The molecule has 6 nitrogen and oxygen atoms in total. The molecule has 0 radical (unpaired) electrons. The van der Waals surface area contributed by atoms with Gasteiger partial charge >= 0.3 is 0 Å². The van der Waals surface area contributed by atoms with E-state index in [1.54, 1.807) is 43.1 Å². The van der Waals surface area contributed by atoms with Crippen LogP contribution in [0.2, 0.25) is 0 Å². The van der Waals surface area contributed by atoms with Crippen LogP contribution in [0.25, 0.3) is 0 Å². The first kappa shape index (κ1) is 18.3. The summed E-state index contributed by atoms with van der Waals surface area (Å²) in [6.07, 6.45) is 1.51. The van der Waals surface area contributed by atoms with Crippen LogP contribution < -0.4 is 16.0 Å². The molecule has 3 N–H and O–H groups in total. The largest absolute Gasteiger partial charge is 0.349 e. The number of carbonyl (C=O) groups excluding carboxylic acids is 1. The van der Waals surface area contributed by atoms with E-state index in [0.29, 0.717) is 30.0 Å². The standard InChI is InChI=1S/C18H23F2N5O/c1-17(21)8-9-25(12-18(19,20)11-17)16-14(10-22-24(16)2)23-15(26)13-6-4-3-5-7-13/h3-7,10H,8-9,11-12,21H2,1-2H3,(H,23,26)/t17-/m1/s1. The molecule has 2 aromatic rings. The van der Waals surface area contributed by atoms with Crippen molar-refractivity contribution < 1.29 is 13.6 Å². The van der Waals surface area contributed by atoms with Crippen LogP contribution in [0.15, 0.2) is 36.5 Å². The Hall–Kier alpha value is -2.48. The van der Waals surface area contributed by atoms with Crippen molar-refractivity contribution in [1.29, 1.82) is 0 Å². The van der Waals surface area contributed by atoms with Crippen LogP contribution in [-0.4, -0.2) is 40.2 Å². The molecule has 0 saturated carbocycles. The zero-order valence-electron chi connectivity index (χ0n) is 14.9. The van der Waals surface area contributed by atoms with Crippen LogP contribution in [-0.2, 0) is 7.05 Å². The number of hydrogen-bond acceptors (Lipinski definition) is 4. The molecule has 1 saturated heterocycles. The quantitative estimate of drug-likeness (QED) is 0.879. The molecular weight excluding hydrogens is 340 g/mol. The fourth-order valence-electron chi connectivity index (χ4n) is 3.34. The van der Waals surface area contributed by atoms with Gasteiger partial charge in [-0.1, -0.05) is 18.2 Å². The molecule has 0 spiro atoms. The number of aryl methyl sites for hydroxylation is 1. The third kappa shape index (κ3) is 4.01. The Morgan fingerprint density at radius 1 is 1.31 bits per heavy atom. The first-order chi connectivity index (χ1) is 12.2. The number of nitrogens with zero attached hydrogens (tertiary/aromatic N) is 3. The van der Waals surface area contributed by atoms with Crippen LogP contribution in [0.5, 0.6) is 0 Å². The molecule has 1 atom stereocenters. The van der Waals surface area contributed by atoms with Gasteiger partial charge in [0.1, 0.15) is 5.69 Å². The Morgan fingerprint density at radius 3 is 2.69 bits per heavy atom. The van der Waals surface area contributed by atoms with E-state index in [1.807, 2.05) is 6.07 Å². The number of amides is 1. The highest BCUT2D eigenvalue weighted by atomic mass is 19.3. The highest BCUT2D eigenvalue weighted by molar-refractivity contribution is 6.05. The van der Waals surface area contributed by atoms with Crippen LogP contribution in [0.1, 0.15) is 30.1 Å². The Labute approximate surface area is 151 Å². The molecule has 140 valence electrons. The number of nitrogens with one attached hydrogen (secondary N) is 1. The summed E-state index contributed by atoms with van der Waals surface area (Å²) in [6.45, 7) is 1.54. The van der Waals surface area contributed by atoms with Crippen molar-refractivity contribution >= 4 is 17.4 Å². The number of hydrogen-bond donors (Lipinski definition) is 2. The number of aromatic nitrogens is 2. The minimum atomic E-state index is -2.93. The second kappa shape index (κ2) is 6.68. The lowest BCUT2D eigenvalue weighted by Crippen LogP contribution is -2.42. The van der Waals surface area contributed by atoms with Gasteiger partial charge in [0, 0.05) is 31.1 Å². The maximum absolute atomic E-state index is 14.4.